The number of hydrogen-bond donors (Lipinski definition) is 0. The van der Waals surface area contributed by atoms with E-state index in [0.717, 1.165) is 11.1 Å². The van der Waals surface area contributed by atoms with Gasteiger partial charge in [-0.2, -0.15) is 0 Å². The van der Waals surface area contributed by atoms with Crippen LogP contribution in [-0.2, 0) is 0 Å². The van der Waals surface area contributed by atoms with Crippen LogP contribution >= 0.6 is 23.2 Å². The maximum Gasteiger partial charge on any atom is 0.167 e. The summed E-state index contributed by atoms with van der Waals surface area (Å²) in [7, 11) is 0. The minimum Gasteiger partial charge on any atom is -0.356 e. The first-order valence-corrected chi connectivity index (χ1v) is 6.32. The predicted octanol–water partition coefficient (Wildman–Crippen LogP) is 4.71. The summed E-state index contributed by atoms with van der Waals surface area (Å²) in [6.07, 6.45) is 1.65. The van der Waals surface area contributed by atoms with Crippen LogP contribution in [0.4, 0.5) is 0 Å². The molecule has 19 heavy (non-hydrogen) atoms. The summed E-state index contributed by atoms with van der Waals surface area (Å²) < 4.78 is 5.32. The number of hydrogen-bond acceptors (Lipinski definition) is 3. The van der Waals surface area contributed by atoms with Crippen molar-refractivity contribution in [1.82, 2.24) is 10.1 Å². The van der Waals surface area contributed by atoms with Crippen molar-refractivity contribution in [3.05, 3.63) is 58.8 Å². The minimum atomic E-state index is 0.447. The van der Waals surface area contributed by atoms with E-state index in [4.69, 9.17) is 27.7 Å². The maximum absolute atomic E-state index is 5.95. The quantitative estimate of drug-likeness (QED) is 0.642. The Hall–Kier alpha value is -1.84. The number of benzene rings is 1. The third-order valence-corrected chi connectivity index (χ3v) is 3.10. The Bertz CT molecular complexity index is 707. The van der Waals surface area contributed by atoms with Gasteiger partial charge in [0.25, 0.3) is 0 Å². The van der Waals surface area contributed by atoms with E-state index in [9.17, 15) is 0 Å². The normalized spacial score (nSPS) is 10.6. The van der Waals surface area contributed by atoms with Gasteiger partial charge in [0.15, 0.2) is 5.76 Å². The fourth-order valence-electron chi connectivity index (χ4n) is 1.72. The van der Waals surface area contributed by atoms with Gasteiger partial charge in [-0.25, -0.2) is 4.98 Å². The second kappa shape index (κ2) is 5.03. The summed E-state index contributed by atoms with van der Waals surface area (Å²) in [5.41, 5.74) is 2.44. The van der Waals surface area contributed by atoms with E-state index in [2.05, 4.69) is 10.1 Å². The average molecular weight is 291 g/mol. The molecular formula is C14H8Cl2N2O. The Balaban J connectivity index is 1.97. The topological polar surface area (TPSA) is 38.9 Å². The number of pyridine rings is 1. The highest BCUT2D eigenvalue weighted by Gasteiger charge is 2.09. The second-order valence-corrected chi connectivity index (χ2v) is 4.78. The van der Waals surface area contributed by atoms with E-state index in [1.807, 2.05) is 36.4 Å². The highest BCUT2D eigenvalue weighted by molar-refractivity contribution is 6.30. The highest BCUT2D eigenvalue weighted by atomic mass is 35.5. The summed E-state index contributed by atoms with van der Waals surface area (Å²) in [5.74, 6) is 0.660. The van der Waals surface area contributed by atoms with Crippen molar-refractivity contribution in [2.45, 2.75) is 0 Å². The molecule has 0 aliphatic heterocycles. The summed E-state index contributed by atoms with van der Waals surface area (Å²) in [4.78, 5) is 4.01. The summed E-state index contributed by atoms with van der Waals surface area (Å²) >= 11 is 11.7. The van der Waals surface area contributed by atoms with Crippen molar-refractivity contribution in [1.29, 1.82) is 0 Å². The van der Waals surface area contributed by atoms with E-state index in [-0.39, 0.29) is 0 Å². The van der Waals surface area contributed by atoms with Crippen molar-refractivity contribution in [3.63, 3.8) is 0 Å². The Labute approximate surface area is 119 Å². The zero-order valence-electron chi connectivity index (χ0n) is 9.68. The lowest BCUT2D eigenvalue weighted by Gasteiger charge is -1.95. The van der Waals surface area contributed by atoms with E-state index < -0.39 is 0 Å². The zero-order chi connectivity index (χ0) is 13.2. The smallest absolute Gasteiger partial charge is 0.167 e. The van der Waals surface area contributed by atoms with Gasteiger partial charge in [0.1, 0.15) is 10.8 Å². The Kier molecular flexibility index (Phi) is 3.23. The number of aromatic nitrogens is 2. The molecule has 2 aromatic heterocycles. The lowest BCUT2D eigenvalue weighted by molar-refractivity contribution is 0.435. The molecule has 3 nitrogen and oxygen atoms in total. The van der Waals surface area contributed by atoms with E-state index in [1.54, 1.807) is 12.3 Å². The Morgan fingerprint density at radius 2 is 1.84 bits per heavy atom. The van der Waals surface area contributed by atoms with Gasteiger partial charge in [-0.3, -0.25) is 0 Å². The third-order valence-electron chi connectivity index (χ3n) is 2.64. The summed E-state index contributed by atoms with van der Waals surface area (Å²) in [6.45, 7) is 0. The molecule has 0 spiro atoms. The maximum atomic E-state index is 5.95. The molecule has 3 aromatic rings. The van der Waals surface area contributed by atoms with Crippen molar-refractivity contribution < 1.29 is 4.52 Å². The molecule has 1 aromatic carbocycles. The zero-order valence-corrected chi connectivity index (χ0v) is 11.2. The third kappa shape index (κ3) is 2.62. The van der Waals surface area contributed by atoms with E-state index >= 15 is 0 Å². The fourth-order valence-corrected chi connectivity index (χ4v) is 2.02. The van der Waals surface area contributed by atoms with Crippen LogP contribution in [0.1, 0.15) is 0 Å². The summed E-state index contributed by atoms with van der Waals surface area (Å²) in [6, 6.07) is 12.8. The molecule has 0 N–H and O–H groups in total. The van der Waals surface area contributed by atoms with Gasteiger partial charge >= 0.3 is 0 Å². The van der Waals surface area contributed by atoms with Gasteiger partial charge in [-0.1, -0.05) is 40.5 Å². The van der Waals surface area contributed by atoms with Gasteiger partial charge in [0, 0.05) is 28.4 Å². The molecule has 0 atom stereocenters. The van der Waals surface area contributed by atoms with Crippen LogP contribution in [0.5, 0.6) is 0 Å². The van der Waals surface area contributed by atoms with Gasteiger partial charge < -0.3 is 4.52 Å². The van der Waals surface area contributed by atoms with Gasteiger partial charge in [0.05, 0.1) is 0 Å². The van der Waals surface area contributed by atoms with E-state index in [1.165, 1.54) is 0 Å². The first kappa shape index (κ1) is 12.2. The molecule has 0 fully saturated rings. The van der Waals surface area contributed by atoms with Gasteiger partial charge in [-0.05, 0) is 24.3 Å². The minimum absolute atomic E-state index is 0.447. The van der Waals surface area contributed by atoms with Crippen LogP contribution in [0, 0.1) is 0 Å². The molecular weight excluding hydrogens is 283 g/mol. The van der Waals surface area contributed by atoms with Crippen LogP contribution < -0.4 is 0 Å². The Morgan fingerprint density at radius 1 is 0.947 bits per heavy atom. The number of rotatable bonds is 2. The lowest BCUT2D eigenvalue weighted by Crippen LogP contribution is -1.79. The van der Waals surface area contributed by atoms with Crippen LogP contribution in [0.2, 0.25) is 10.2 Å². The SMILES string of the molecule is Clc1cccc(-c2cc(-c3ccc(Cl)nc3)no2)c1. The average Bonchev–Trinajstić information content (AvgIpc) is 2.89. The fraction of sp³-hybridized carbons (Fsp3) is 0. The monoisotopic (exact) mass is 290 g/mol. The molecule has 0 saturated carbocycles. The van der Waals surface area contributed by atoms with Crippen molar-refractivity contribution in [2.24, 2.45) is 0 Å². The first-order valence-electron chi connectivity index (χ1n) is 5.57. The largest absolute Gasteiger partial charge is 0.356 e. The molecule has 0 aliphatic rings. The standard InChI is InChI=1S/C14H8Cl2N2O/c15-11-3-1-2-9(6-11)13-7-12(18-19-13)10-4-5-14(16)17-8-10/h1-8H. The van der Waals surface area contributed by atoms with Crippen LogP contribution in [-0.4, -0.2) is 10.1 Å². The molecule has 2 heterocycles. The van der Waals surface area contributed by atoms with Crippen molar-refractivity contribution in [2.75, 3.05) is 0 Å². The van der Waals surface area contributed by atoms with Gasteiger partial charge in [0.2, 0.25) is 0 Å². The molecule has 0 unspecified atom stereocenters. The number of nitrogens with zero attached hydrogens (tertiary/aromatic N) is 2. The lowest BCUT2D eigenvalue weighted by atomic mass is 10.1. The molecule has 3 rings (SSSR count). The second-order valence-electron chi connectivity index (χ2n) is 3.96. The van der Waals surface area contributed by atoms with Crippen LogP contribution in [0.25, 0.3) is 22.6 Å². The Morgan fingerprint density at radius 3 is 2.58 bits per heavy atom. The predicted molar refractivity (Wildman–Crippen MR) is 75.2 cm³/mol. The molecule has 5 heteroatoms. The number of halogens is 2. The molecule has 0 bridgehead atoms. The van der Waals surface area contributed by atoms with E-state index in [0.29, 0.717) is 21.6 Å². The van der Waals surface area contributed by atoms with Gasteiger partial charge in [-0.15, -0.1) is 0 Å². The summed E-state index contributed by atoms with van der Waals surface area (Å²) in [5, 5.41) is 5.12. The molecule has 0 amide bonds. The molecule has 0 saturated heterocycles. The molecule has 0 aliphatic carbocycles. The van der Waals surface area contributed by atoms with Crippen molar-refractivity contribution in [3.8, 4) is 22.6 Å². The van der Waals surface area contributed by atoms with Crippen LogP contribution in [0.3, 0.4) is 0 Å². The molecule has 0 radical (unpaired) electrons. The van der Waals surface area contributed by atoms with Crippen LogP contribution in [0.15, 0.2) is 53.2 Å². The highest BCUT2D eigenvalue weighted by Crippen LogP contribution is 2.27. The first-order chi connectivity index (χ1) is 9.22. The van der Waals surface area contributed by atoms with Crippen molar-refractivity contribution >= 4 is 23.2 Å². The molecule has 94 valence electrons.